The van der Waals surface area contributed by atoms with Gasteiger partial charge in [0.2, 0.25) is 0 Å². The maximum atomic E-state index is 12.6. The summed E-state index contributed by atoms with van der Waals surface area (Å²) >= 11 is 0. The van der Waals surface area contributed by atoms with Gasteiger partial charge in [0.25, 0.3) is 0 Å². The molecule has 0 bridgehead atoms. The number of hydrogen-bond acceptors (Lipinski definition) is 1. The van der Waals surface area contributed by atoms with Gasteiger partial charge in [0.05, 0.1) is 6.04 Å². The Morgan fingerprint density at radius 1 is 1.31 bits per heavy atom. The molecule has 0 spiro atoms. The van der Waals surface area contributed by atoms with E-state index in [0.717, 1.165) is 18.5 Å². The zero-order valence-corrected chi connectivity index (χ0v) is 7.96. The van der Waals surface area contributed by atoms with Gasteiger partial charge in [-0.1, -0.05) is 37.3 Å². The molecule has 0 aromatic heterocycles. The van der Waals surface area contributed by atoms with Crippen molar-refractivity contribution in [2.24, 2.45) is 0 Å². The van der Waals surface area contributed by atoms with Crippen molar-refractivity contribution in [2.45, 2.75) is 19.4 Å². The molecule has 1 aromatic rings. The molecule has 1 nitrogen and oxygen atoms in total. The van der Waals surface area contributed by atoms with E-state index < -0.39 is 0 Å². The van der Waals surface area contributed by atoms with E-state index in [1.54, 1.807) is 0 Å². The van der Waals surface area contributed by atoms with Gasteiger partial charge in [0.1, 0.15) is 6.67 Å². The van der Waals surface area contributed by atoms with E-state index in [2.05, 4.69) is 12.2 Å². The summed E-state index contributed by atoms with van der Waals surface area (Å²) in [5, 5.41) is 3.16. The molecule has 0 saturated carbocycles. The van der Waals surface area contributed by atoms with Crippen LogP contribution in [-0.4, -0.2) is 13.2 Å². The molecular formula is C11H16FN. The van der Waals surface area contributed by atoms with E-state index in [-0.39, 0.29) is 12.7 Å². The summed E-state index contributed by atoms with van der Waals surface area (Å²) in [6.45, 7) is 2.60. The minimum absolute atomic E-state index is 0.138. The Labute approximate surface area is 79.0 Å². The van der Waals surface area contributed by atoms with Crippen molar-refractivity contribution in [3.8, 4) is 0 Å². The molecule has 0 aliphatic heterocycles. The summed E-state index contributed by atoms with van der Waals surface area (Å²) in [5.41, 5.74) is 1.03. The number of nitrogens with one attached hydrogen (secondary N) is 1. The van der Waals surface area contributed by atoms with E-state index >= 15 is 0 Å². The number of alkyl halides is 1. The number of hydrogen-bond donors (Lipinski definition) is 1. The molecule has 0 amide bonds. The summed E-state index contributed by atoms with van der Waals surface area (Å²) in [5.74, 6) is 0. The normalized spacial score (nSPS) is 12.8. The van der Waals surface area contributed by atoms with Crippen LogP contribution >= 0.6 is 0 Å². The maximum Gasteiger partial charge on any atom is 0.109 e. The van der Waals surface area contributed by atoms with E-state index in [9.17, 15) is 4.39 Å². The van der Waals surface area contributed by atoms with Crippen LogP contribution in [0.1, 0.15) is 24.9 Å². The van der Waals surface area contributed by atoms with Crippen LogP contribution in [0.5, 0.6) is 0 Å². The molecule has 0 saturated heterocycles. The minimum atomic E-state index is -0.343. The molecule has 0 aliphatic carbocycles. The molecular weight excluding hydrogens is 165 g/mol. The molecule has 0 radical (unpaired) electrons. The molecule has 1 rings (SSSR count). The van der Waals surface area contributed by atoms with Gasteiger partial charge in [0, 0.05) is 0 Å². The SMILES string of the molecule is CCCNC(CF)c1ccccc1. The second kappa shape index (κ2) is 5.70. The summed E-state index contributed by atoms with van der Waals surface area (Å²) in [6, 6.07) is 9.58. The van der Waals surface area contributed by atoms with Gasteiger partial charge in [-0.3, -0.25) is 0 Å². The molecule has 0 aliphatic rings. The van der Waals surface area contributed by atoms with Gasteiger partial charge in [0.15, 0.2) is 0 Å². The third-order valence-corrected chi connectivity index (χ3v) is 2.00. The van der Waals surface area contributed by atoms with Crippen LogP contribution in [0.4, 0.5) is 4.39 Å². The first-order chi connectivity index (χ1) is 6.38. The lowest BCUT2D eigenvalue weighted by Gasteiger charge is -2.14. The highest BCUT2D eigenvalue weighted by Crippen LogP contribution is 2.12. The summed E-state index contributed by atoms with van der Waals surface area (Å²) < 4.78 is 12.6. The second-order valence-electron chi connectivity index (χ2n) is 3.07. The van der Waals surface area contributed by atoms with E-state index in [4.69, 9.17) is 0 Å². The highest BCUT2D eigenvalue weighted by atomic mass is 19.1. The summed E-state index contributed by atoms with van der Waals surface area (Å²) in [4.78, 5) is 0. The first-order valence-electron chi connectivity index (χ1n) is 4.72. The van der Waals surface area contributed by atoms with Crippen LogP contribution in [0, 0.1) is 0 Å². The molecule has 2 heteroatoms. The largest absolute Gasteiger partial charge is 0.308 e. The first-order valence-corrected chi connectivity index (χ1v) is 4.72. The quantitative estimate of drug-likeness (QED) is 0.736. The molecule has 1 aromatic carbocycles. The lowest BCUT2D eigenvalue weighted by Crippen LogP contribution is -2.23. The topological polar surface area (TPSA) is 12.0 Å². The molecule has 0 heterocycles. The predicted molar refractivity (Wildman–Crippen MR) is 53.5 cm³/mol. The highest BCUT2D eigenvalue weighted by Gasteiger charge is 2.08. The fourth-order valence-corrected chi connectivity index (χ4v) is 1.27. The van der Waals surface area contributed by atoms with Crippen molar-refractivity contribution in [3.63, 3.8) is 0 Å². The number of benzene rings is 1. The van der Waals surface area contributed by atoms with Crippen LogP contribution in [0.3, 0.4) is 0 Å². The Balaban J connectivity index is 2.56. The lowest BCUT2D eigenvalue weighted by atomic mass is 10.1. The van der Waals surface area contributed by atoms with Crippen molar-refractivity contribution in [1.82, 2.24) is 5.32 Å². The molecule has 1 atom stereocenters. The lowest BCUT2D eigenvalue weighted by molar-refractivity contribution is 0.382. The zero-order valence-electron chi connectivity index (χ0n) is 7.96. The molecule has 1 N–H and O–H groups in total. The smallest absolute Gasteiger partial charge is 0.109 e. The molecule has 72 valence electrons. The molecule has 0 fully saturated rings. The fourth-order valence-electron chi connectivity index (χ4n) is 1.27. The van der Waals surface area contributed by atoms with Crippen LogP contribution in [-0.2, 0) is 0 Å². The van der Waals surface area contributed by atoms with E-state index in [0.29, 0.717) is 0 Å². The zero-order chi connectivity index (χ0) is 9.52. The fraction of sp³-hybridized carbons (Fsp3) is 0.455. The second-order valence-corrected chi connectivity index (χ2v) is 3.07. The van der Waals surface area contributed by atoms with Gasteiger partial charge in [-0.2, -0.15) is 0 Å². The van der Waals surface area contributed by atoms with Crippen LogP contribution in [0.15, 0.2) is 30.3 Å². The maximum absolute atomic E-state index is 12.6. The Morgan fingerprint density at radius 3 is 2.54 bits per heavy atom. The van der Waals surface area contributed by atoms with Gasteiger partial charge in [-0.05, 0) is 18.5 Å². The van der Waals surface area contributed by atoms with E-state index in [1.165, 1.54) is 0 Å². The number of rotatable bonds is 5. The minimum Gasteiger partial charge on any atom is -0.308 e. The van der Waals surface area contributed by atoms with Crippen LogP contribution in [0.2, 0.25) is 0 Å². The van der Waals surface area contributed by atoms with Crippen molar-refractivity contribution in [3.05, 3.63) is 35.9 Å². The summed E-state index contributed by atoms with van der Waals surface area (Å²) in [6.07, 6.45) is 1.03. The Bertz CT molecular complexity index is 223. The van der Waals surface area contributed by atoms with Crippen molar-refractivity contribution in [1.29, 1.82) is 0 Å². The van der Waals surface area contributed by atoms with Crippen LogP contribution in [0.25, 0.3) is 0 Å². The van der Waals surface area contributed by atoms with E-state index in [1.807, 2.05) is 30.3 Å². The van der Waals surface area contributed by atoms with Gasteiger partial charge in [-0.15, -0.1) is 0 Å². The average Bonchev–Trinajstić information content (AvgIpc) is 2.21. The first kappa shape index (κ1) is 10.2. The third kappa shape index (κ3) is 3.15. The Kier molecular flexibility index (Phi) is 4.47. The molecule has 1 unspecified atom stereocenters. The third-order valence-electron chi connectivity index (χ3n) is 2.00. The van der Waals surface area contributed by atoms with Crippen molar-refractivity contribution in [2.75, 3.05) is 13.2 Å². The van der Waals surface area contributed by atoms with Crippen molar-refractivity contribution < 1.29 is 4.39 Å². The predicted octanol–water partition coefficient (Wildman–Crippen LogP) is 2.70. The standard InChI is InChI=1S/C11H16FN/c1-2-8-13-11(9-12)10-6-4-3-5-7-10/h3-7,11,13H,2,8-9H2,1H3. The number of halogens is 1. The summed E-state index contributed by atoms with van der Waals surface area (Å²) in [7, 11) is 0. The van der Waals surface area contributed by atoms with Crippen molar-refractivity contribution >= 4 is 0 Å². The van der Waals surface area contributed by atoms with Gasteiger partial charge >= 0.3 is 0 Å². The monoisotopic (exact) mass is 181 g/mol. The van der Waals surface area contributed by atoms with Gasteiger partial charge in [-0.25, -0.2) is 4.39 Å². The average molecular weight is 181 g/mol. The van der Waals surface area contributed by atoms with Crippen LogP contribution < -0.4 is 5.32 Å². The molecule has 13 heavy (non-hydrogen) atoms. The Hall–Kier alpha value is -0.890. The Morgan fingerprint density at radius 2 is 2.00 bits per heavy atom. The van der Waals surface area contributed by atoms with Gasteiger partial charge < -0.3 is 5.32 Å². The highest BCUT2D eigenvalue weighted by molar-refractivity contribution is 5.18.